The molecule has 1 N–H and O–H groups in total. The van der Waals surface area contributed by atoms with E-state index in [1.165, 1.54) is 0 Å². The highest BCUT2D eigenvalue weighted by Crippen LogP contribution is 2.26. The van der Waals surface area contributed by atoms with Crippen LogP contribution in [0, 0.1) is 0 Å². The molecule has 1 aliphatic rings. The average molecular weight is 311 g/mol. The molecule has 1 amide bonds. The third-order valence-electron chi connectivity index (χ3n) is 4.21. The van der Waals surface area contributed by atoms with Crippen LogP contribution in [0.25, 0.3) is 11.1 Å². The molecule has 2 aromatic carbocycles. The van der Waals surface area contributed by atoms with Gasteiger partial charge in [-0.25, -0.2) is 0 Å². The van der Waals surface area contributed by atoms with Gasteiger partial charge in [0.2, 0.25) is 0 Å². The van der Waals surface area contributed by atoms with E-state index in [1.807, 2.05) is 61.5 Å². The van der Waals surface area contributed by atoms with Crippen LogP contribution in [0.15, 0.2) is 54.6 Å². The number of aliphatic hydroxyl groups is 1. The van der Waals surface area contributed by atoms with Crippen molar-refractivity contribution in [2.75, 3.05) is 19.8 Å². The van der Waals surface area contributed by atoms with Gasteiger partial charge in [0.15, 0.2) is 0 Å². The summed E-state index contributed by atoms with van der Waals surface area (Å²) in [6.45, 7) is 2.76. The van der Waals surface area contributed by atoms with E-state index in [4.69, 9.17) is 4.74 Å². The number of nitrogens with zero attached hydrogens (tertiary/aromatic N) is 1. The van der Waals surface area contributed by atoms with Gasteiger partial charge in [-0.15, -0.1) is 0 Å². The molecule has 23 heavy (non-hydrogen) atoms. The molecule has 0 bridgehead atoms. The van der Waals surface area contributed by atoms with E-state index in [2.05, 4.69) is 0 Å². The highest BCUT2D eigenvalue weighted by Gasteiger charge is 2.30. The molecule has 2 unspecified atom stereocenters. The van der Waals surface area contributed by atoms with Crippen LogP contribution < -0.4 is 0 Å². The molecule has 2 aromatic rings. The molecule has 4 nitrogen and oxygen atoms in total. The van der Waals surface area contributed by atoms with Crippen molar-refractivity contribution in [1.29, 1.82) is 0 Å². The molecule has 0 radical (unpaired) electrons. The SMILES string of the molecule is CC1COC(CO)CN1C(=O)c1ccccc1-c1ccccc1. The van der Waals surface area contributed by atoms with Crippen molar-refractivity contribution in [1.82, 2.24) is 4.90 Å². The molecule has 1 saturated heterocycles. The molecule has 0 aromatic heterocycles. The lowest BCUT2D eigenvalue weighted by molar-refractivity contribution is -0.0667. The van der Waals surface area contributed by atoms with Crippen LogP contribution in [0.5, 0.6) is 0 Å². The Hall–Kier alpha value is -2.17. The number of hydrogen-bond acceptors (Lipinski definition) is 3. The van der Waals surface area contributed by atoms with Crippen molar-refractivity contribution in [2.45, 2.75) is 19.1 Å². The second kappa shape index (κ2) is 6.94. The van der Waals surface area contributed by atoms with Gasteiger partial charge in [0.05, 0.1) is 25.4 Å². The van der Waals surface area contributed by atoms with Crippen LogP contribution >= 0.6 is 0 Å². The lowest BCUT2D eigenvalue weighted by Gasteiger charge is -2.37. The summed E-state index contributed by atoms with van der Waals surface area (Å²) in [6.07, 6.45) is -0.306. The number of carbonyl (C=O) groups excluding carboxylic acids is 1. The standard InChI is InChI=1S/C19H21NO3/c1-14-13-23-16(12-21)11-20(14)19(22)18-10-6-5-9-17(18)15-7-3-2-4-8-15/h2-10,14,16,21H,11-13H2,1H3. The van der Waals surface area contributed by atoms with Gasteiger partial charge in [-0.1, -0.05) is 48.5 Å². The van der Waals surface area contributed by atoms with E-state index in [0.29, 0.717) is 18.7 Å². The Kier molecular flexibility index (Phi) is 4.74. The maximum Gasteiger partial charge on any atom is 0.254 e. The fraction of sp³-hybridized carbons (Fsp3) is 0.316. The summed E-state index contributed by atoms with van der Waals surface area (Å²) in [5.74, 6) is -0.0151. The minimum Gasteiger partial charge on any atom is -0.394 e. The molecule has 2 atom stereocenters. The molecule has 120 valence electrons. The second-order valence-electron chi connectivity index (χ2n) is 5.86. The zero-order valence-corrected chi connectivity index (χ0v) is 13.2. The van der Waals surface area contributed by atoms with Crippen LogP contribution in [-0.2, 0) is 4.74 Å². The van der Waals surface area contributed by atoms with Crippen LogP contribution in [0.1, 0.15) is 17.3 Å². The number of benzene rings is 2. The van der Waals surface area contributed by atoms with Crippen LogP contribution in [-0.4, -0.2) is 47.8 Å². The monoisotopic (exact) mass is 311 g/mol. The van der Waals surface area contributed by atoms with E-state index in [-0.39, 0.29) is 24.7 Å². The van der Waals surface area contributed by atoms with Crippen molar-refractivity contribution >= 4 is 5.91 Å². The van der Waals surface area contributed by atoms with Crippen molar-refractivity contribution in [3.8, 4) is 11.1 Å². The smallest absolute Gasteiger partial charge is 0.254 e. The third-order valence-corrected chi connectivity index (χ3v) is 4.21. The number of amides is 1. The predicted molar refractivity (Wildman–Crippen MR) is 89.2 cm³/mol. The van der Waals surface area contributed by atoms with Crippen LogP contribution in [0.3, 0.4) is 0 Å². The topological polar surface area (TPSA) is 49.8 Å². The Morgan fingerprint density at radius 1 is 1.17 bits per heavy atom. The molecule has 1 heterocycles. The van der Waals surface area contributed by atoms with Crippen molar-refractivity contribution in [3.05, 3.63) is 60.2 Å². The zero-order chi connectivity index (χ0) is 16.2. The van der Waals surface area contributed by atoms with Gasteiger partial charge < -0.3 is 14.7 Å². The maximum absolute atomic E-state index is 13.1. The molecule has 3 rings (SSSR count). The van der Waals surface area contributed by atoms with Gasteiger partial charge in [0, 0.05) is 12.1 Å². The molecular weight excluding hydrogens is 290 g/mol. The first-order valence-electron chi connectivity index (χ1n) is 7.88. The largest absolute Gasteiger partial charge is 0.394 e. The quantitative estimate of drug-likeness (QED) is 0.948. The lowest BCUT2D eigenvalue weighted by Crippen LogP contribution is -2.52. The summed E-state index contributed by atoms with van der Waals surface area (Å²) in [4.78, 5) is 14.9. The Morgan fingerprint density at radius 2 is 1.87 bits per heavy atom. The van der Waals surface area contributed by atoms with Crippen LogP contribution in [0.4, 0.5) is 0 Å². The number of hydrogen-bond donors (Lipinski definition) is 1. The van der Waals surface area contributed by atoms with E-state index in [0.717, 1.165) is 11.1 Å². The Morgan fingerprint density at radius 3 is 2.61 bits per heavy atom. The Balaban J connectivity index is 1.94. The van der Waals surface area contributed by atoms with Crippen LogP contribution in [0.2, 0.25) is 0 Å². The minimum absolute atomic E-state index is 0.00544. The van der Waals surface area contributed by atoms with Crippen molar-refractivity contribution in [2.24, 2.45) is 0 Å². The molecule has 0 aliphatic carbocycles. The van der Waals surface area contributed by atoms with Crippen molar-refractivity contribution in [3.63, 3.8) is 0 Å². The zero-order valence-electron chi connectivity index (χ0n) is 13.2. The summed E-state index contributed by atoms with van der Waals surface area (Å²) in [5.41, 5.74) is 2.64. The van der Waals surface area contributed by atoms with Gasteiger partial charge in [-0.2, -0.15) is 0 Å². The first-order chi connectivity index (χ1) is 11.2. The van der Waals surface area contributed by atoms with Gasteiger partial charge in [0.25, 0.3) is 5.91 Å². The summed E-state index contributed by atoms with van der Waals surface area (Å²) < 4.78 is 5.53. The van der Waals surface area contributed by atoms with Crippen molar-refractivity contribution < 1.29 is 14.6 Å². The summed E-state index contributed by atoms with van der Waals surface area (Å²) in [6, 6.07) is 17.6. The van der Waals surface area contributed by atoms with Gasteiger partial charge in [-0.3, -0.25) is 4.79 Å². The lowest BCUT2D eigenvalue weighted by atomic mass is 9.98. The number of morpholine rings is 1. The predicted octanol–water partition coefficient (Wildman–Crippen LogP) is 2.58. The maximum atomic E-state index is 13.1. The summed E-state index contributed by atoms with van der Waals surface area (Å²) >= 11 is 0. The molecule has 1 aliphatic heterocycles. The fourth-order valence-corrected chi connectivity index (χ4v) is 2.90. The Bertz CT molecular complexity index is 671. The molecule has 0 spiro atoms. The average Bonchev–Trinajstić information content (AvgIpc) is 2.62. The highest BCUT2D eigenvalue weighted by molar-refractivity contribution is 6.01. The molecule has 1 fully saturated rings. The number of aliphatic hydroxyl groups excluding tert-OH is 1. The number of carbonyl (C=O) groups is 1. The fourth-order valence-electron chi connectivity index (χ4n) is 2.90. The normalized spacial score (nSPS) is 21.2. The van der Waals surface area contributed by atoms with E-state index in [1.54, 1.807) is 4.90 Å². The van der Waals surface area contributed by atoms with E-state index < -0.39 is 0 Å². The van der Waals surface area contributed by atoms with Gasteiger partial charge in [-0.05, 0) is 24.1 Å². The number of rotatable bonds is 3. The molecule has 0 saturated carbocycles. The van der Waals surface area contributed by atoms with E-state index in [9.17, 15) is 9.90 Å². The minimum atomic E-state index is -0.306. The summed E-state index contributed by atoms with van der Waals surface area (Å²) in [5, 5.41) is 9.32. The van der Waals surface area contributed by atoms with Gasteiger partial charge in [0.1, 0.15) is 0 Å². The van der Waals surface area contributed by atoms with Gasteiger partial charge >= 0.3 is 0 Å². The first-order valence-corrected chi connectivity index (χ1v) is 7.88. The summed E-state index contributed by atoms with van der Waals surface area (Å²) in [7, 11) is 0. The Labute approximate surface area is 136 Å². The number of ether oxygens (including phenoxy) is 1. The van der Waals surface area contributed by atoms with E-state index >= 15 is 0 Å². The third kappa shape index (κ3) is 3.28. The second-order valence-corrected chi connectivity index (χ2v) is 5.86. The first kappa shape index (κ1) is 15.7. The molecular formula is C19H21NO3. The molecule has 4 heteroatoms. The highest BCUT2D eigenvalue weighted by atomic mass is 16.5.